The SMILES string of the molecule is CCc1ccc(S(=O)(=O)NCCc2ccncc2)cc1. The van der Waals surface area contributed by atoms with Crippen LogP contribution in [0, 0.1) is 0 Å². The lowest BCUT2D eigenvalue weighted by Crippen LogP contribution is -2.26. The average Bonchev–Trinajstić information content (AvgIpc) is 2.48. The van der Waals surface area contributed by atoms with E-state index in [2.05, 4.69) is 9.71 Å². The minimum absolute atomic E-state index is 0.310. The van der Waals surface area contributed by atoms with Crippen molar-refractivity contribution in [3.63, 3.8) is 0 Å². The molecule has 0 radical (unpaired) electrons. The highest BCUT2D eigenvalue weighted by Gasteiger charge is 2.12. The number of hydrogen-bond acceptors (Lipinski definition) is 3. The molecule has 5 heteroatoms. The van der Waals surface area contributed by atoms with Gasteiger partial charge in [0.25, 0.3) is 0 Å². The van der Waals surface area contributed by atoms with E-state index in [0.717, 1.165) is 17.5 Å². The average molecular weight is 290 g/mol. The second-order valence-corrected chi connectivity index (χ2v) is 6.27. The van der Waals surface area contributed by atoms with Crippen molar-refractivity contribution in [3.8, 4) is 0 Å². The summed E-state index contributed by atoms with van der Waals surface area (Å²) in [6.07, 6.45) is 4.95. The van der Waals surface area contributed by atoms with Crippen LogP contribution in [0.5, 0.6) is 0 Å². The topological polar surface area (TPSA) is 59.1 Å². The van der Waals surface area contributed by atoms with Crippen LogP contribution in [0.15, 0.2) is 53.7 Å². The van der Waals surface area contributed by atoms with Gasteiger partial charge in [0.2, 0.25) is 10.0 Å². The molecule has 0 amide bonds. The van der Waals surface area contributed by atoms with E-state index in [0.29, 0.717) is 17.9 Å². The van der Waals surface area contributed by atoms with Crippen molar-refractivity contribution in [2.24, 2.45) is 0 Å². The maximum Gasteiger partial charge on any atom is 0.240 e. The van der Waals surface area contributed by atoms with Gasteiger partial charge in [-0.1, -0.05) is 19.1 Å². The van der Waals surface area contributed by atoms with E-state index in [4.69, 9.17) is 0 Å². The Hall–Kier alpha value is -1.72. The molecule has 0 aliphatic carbocycles. The molecule has 0 saturated carbocycles. The monoisotopic (exact) mass is 290 g/mol. The van der Waals surface area contributed by atoms with Crippen molar-refractivity contribution in [3.05, 3.63) is 59.9 Å². The summed E-state index contributed by atoms with van der Waals surface area (Å²) in [6.45, 7) is 2.42. The molecular formula is C15H18N2O2S. The van der Waals surface area contributed by atoms with Gasteiger partial charge in [0.15, 0.2) is 0 Å². The van der Waals surface area contributed by atoms with Crippen LogP contribution in [0.4, 0.5) is 0 Å². The molecule has 2 aromatic rings. The molecule has 0 fully saturated rings. The summed E-state index contributed by atoms with van der Waals surface area (Å²) in [6, 6.07) is 10.7. The summed E-state index contributed by atoms with van der Waals surface area (Å²) in [5, 5.41) is 0. The van der Waals surface area contributed by atoms with E-state index in [-0.39, 0.29) is 0 Å². The highest BCUT2D eigenvalue weighted by Crippen LogP contribution is 2.11. The van der Waals surface area contributed by atoms with E-state index in [1.165, 1.54) is 0 Å². The normalized spacial score (nSPS) is 11.4. The predicted octanol–water partition coefficient (Wildman–Crippen LogP) is 2.17. The minimum atomic E-state index is -3.42. The highest BCUT2D eigenvalue weighted by molar-refractivity contribution is 7.89. The lowest BCUT2D eigenvalue weighted by atomic mass is 10.2. The number of rotatable bonds is 6. The third-order valence-electron chi connectivity index (χ3n) is 3.10. The summed E-state index contributed by atoms with van der Waals surface area (Å²) in [7, 11) is -3.42. The van der Waals surface area contributed by atoms with Crippen LogP contribution in [0.2, 0.25) is 0 Å². The Morgan fingerprint density at radius 2 is 1.65 bits per heavy atom. The van der Waals surface area contributed by atoms with Gasteiger partial charge in [-0.15, -0.1) is 0 Å². The van der Waals surface area contributed by atoms with E-state index in [1.54, 1.807) is 24.5 Å². The van der Waals surface area contributed by atoms with Crippen LogP contribution in [0.25, 0.3) is 0 Å². The van der Waals surface area contributed by atoms with Crippen molar-refractivity contribution in [2.75, 3.05) is 6.54 Å². The molecule has 1 aromatic heterocycles. The fraction of sp³-hybridized carbons (Fsp3) is 0.267. The Balaban J connectivity index is 1.96. The first kappa shape index (κ1) is 14.7. The summed E-state index contributed by atoms with van der Waals surface area (Å²) in [5.74, 6) is 0. The second-order valence-electron chi connectivity index (χ2n) is 4.50. The molecule has 1 aromatic carbocycles. The van der Waals surface area contributed by atoms with Gasteiger partial charge in [0.05, 0.1) is 4.90 Å². The van der Waals surface area contributed by atoms with Crippen LogP contribution in [-0.4, -0.2) is 19.9 Å². The summed E-state index contributed by atoms with van der Waals surface area (Å²) in [4.78, 5) is 4.24. The molecule has 106 valence electrons. The van der Waals surface area contributed by atoms with Gasteiger partial charge in [0.1, 0.15) is 0 Å². The molecule has 4 nitrogen and oxygen atoms in total. The fourth-order valence-corrected chi connectivity index (χ4v) is 2.90. The minimum Gasteiger partial charge on any atom is -0.265 e. The number of hydrogen-bond donors (Lipinski definition) is 1. The Bertz CT molecular complexity index is 637. The maximum atomic E-state index is 12.1. The first-order valence-electron chi connectivity index (χ1n) is 6.59. The van der Waals surface area contributed by atoms with Crippen molar-refractivity contribution < 1.29 is 8.42 Å². The van der Waals surface area contributed by atoms with E-state index in [9.17, 15) is 8.42 Å². The maximum absolute atomic E-state index is 12.1. The molecule has 1 heterocycles. The molecule has 1 N–H and O–H groups in total. The molecule has 0 aliphatic rings. The van der Waals surface area contributed by atoms with Crippen molar-refractivity contribution >= 4 is 10.0 Å². The van der Waals surface area contributed by atoms with Gasteiger partial charge in [-0.3, -0.25) is 4.98 Å². The number of sulfonamides is 1. The number of nitrogens with zero attached hydrogens (tertiary/aromatic N) is 1. The third kappa shape index (κ3) is 3.88. The van der Waals surface area contributed by atoms with Gasteiger partial charge in [0, 0.05) is 18.9 Å². The van der Waals surface area contributed by atoms with Crippen molar-refractivity contribution in [1.29, 1.82) is 0 Å². The number of nitrogens with one attached hydrogen (secondary N) is 1. The molecule has 0 spiro atoms. The Morgan fingerprint density at radius 1 is 1.00 bits per heavy atom. The van der Waals surface area contributed by atoms with Crippen molar-refractivity contribution in [1.82, 2.24) is 9.71 Å². The first-order valence-corrected chi connectivity index (χ1v) is 8.07. The molecule has 20 heavy (non-hydrogen) atoms. The van der Waals surface area contributed by atoms with Crippen LogP contribution in [-0.2, 0) is 22.9 Å². The number of aromatic nitrogens is 1. The number of pyridine rings is 1. The first-order chi connectivity index (χ1) is 9.62. The molecule has 0 atom stereocenters. The molecule has 0 aliphatic heterocycles. The van der Waals surface area contributed by atoms with Crippen LogP contribution in [0.1, 0.15) is 18.1 Å². The molecule has 0 bridgehead atoms. The van der Waals surface area contributed by atoms with Gasteiger partial charge in [-0.2, -0.15) is 0 Å². The Morgan fingerprint density at radius 3 is 2.25 bits per heavy atom. The molecule has 0 unspecified atom stereocenters. The van der Waals surface area contributed by atoms with Crippen LogP contribution >= 0.6 is 0 Å². The van der Waals surface area contributed by atoms with E-state index in [1.807, 2.05) is 31.2 Å². The zero-order chi connectivity index (χ0) is 14.4. The zero-order valence-corrected chi connectivity index (χ0v) is 12.2. The Labute approximate surface area is 119 Å². The van der Waals surface area contributed by atoms with Gasteiger partial charge >= 0.3 is 0 Å². The van der Waals surface area contributed by atoms with Gasteiger partial charge in [-0.05, 0) is 48.2 Å². The second kappa shape index (κ2) is 6.63. The highest BCUT2D eigenvalue weighted by atomic mass is 32.2. The number of benzene rings is 1. The smallest absolute Gasteiger partial charge is 0.240 e. The Kier molecular flexibility index (Phi) is 4.87. The molecular weight excluding hydrogens is 272 g/mol. The lowest BCUT2D eigenvalue weighted by Gasteiger charge is -2.07. The van der Waals surface area contributed by atoms with Crippen molar-refractivity contribution in [2.45, 2.75) is 24.7 Å². The van der Waals surface area contributed by atoms with Gasteiger partial charge in [-0.25, -0.2) is 13.1 Å². The predicted molar refractivity (Wildman–Crippen MR) is 78.9 cm³/mol. The summed E-state index contributed by atoms with van der Waals surface area (Å²) >= 11 is 0. The molecule has 0 saturated heterocycles. The standard InChI is InChI=1S/C15H18N2O2S/c1-2-13-3-5-15(6-4-13)20(18,19)17-12-9-14-7-10-16-11-8-14/h3-8,10-11,17H,2,9,12H2,1H3. The lowest BCUT2D eigenvalue weighted by molar-refractivity contribution is 0.581. The van der Waals surface area contributed by atoms with Gasteiger partial charge < -0.3 is 0 Å². The quantitative estimate of drug-likeness (QED) is 0.887. The largest absolute Gasteiger partial charge is 0.265 e. The fourth-order valence-electron chi connectivity index (χ4n) is 1.87. The third-order valence-corrected chi connectivity index (χ3v) is 4.57. The molecule has 2 rings (SSSR count). The summed E-state index contributed by atoms with van der Waals surface area (Å²) < 4.78 is 26.8. The zero-order valence-electron chi connectivity index (χ0n) is 11.4. The van der Waals surface area contributed by atoms with E-state index >= 15 is 0 Å². The van der Waals surface area contributed by atoms with Crippen LogP contribution in [0.3, 0.4) is 0 Å². The van der Waals surface area contributed by atoms with Crippen LogP contribution < -0.4 is 4.72 Å². The van der Waals surface area contributed by atoms with E-state index < -0.39 is 10.0 Å². The number of aryl methyl sites for hydroxylation is 1. The summed E-state index contributed by atoms with van der Waals surface area (Å²) in [5.41, 5.74) is 2.18.